The van der Waals surface area contributed by atoms with Gasteiger partial charge in [-0.1, -0.05) is 70.4 Å². The molecule has 0 aromatic carbocycles. The summed E-state index contributed by atoms with van der Waals surface area (Å²) in [6, 6.07) is 0. The second kappa shape index (κ2) is 28.0. The van der Waals surface area contributed by atoms with Crippen LogP contribution in [0.3, 0.4) is 0 Å². The van der Waals surface area contributed by atoms with Gasteiger partial charge < -0.3 is 25.0 Å². The number of amides is 1. The summed E-state index contributed by atoms with van der Waals surface area (Å²) in [6.45, 7) is 7.13. The Labute approximate surface area is 227 Å². The maximum Gasteiger partial charge on any atom is 0.220 e. The summed E-state index contributed by atoms with van der Waals surface area (Å²) in [5, 5.41) is 21.5. The van der Waals surface area contributed by atoms with Crippen molar-refractivity contribution in [1.82, 2.24) is 5.32 Å². The SMILES string of the molecule is CCCCCCCCC=CCCCCCCCC(=O)NCC[NH+](CCCO)CC(C)O.COS(=O)(=O)[O-]. The molecule has 0 aromatic rings. The first-order valence-corrected chi connectivity index (χ1v) is 15.5. The molecule has 0 bridgehead atoms. The van der Waals surface area contributed by atoms with Gasteiger partial charge in [-0.2, -0.15) is 0 Å². The maximum absolute atomic E-state index is 12.0. The van der Waals surface area contributed by atoms with Crippen molar-refractivity contribution < 1.29 is 37.1 Å². The van der Waals surface area contributed by atoms with Gasteiger partial charge in [-0.25, -0.2) is 8.42 Å². The molecule has 0 spiro atoms. The first kappa shape index (κ1) is 38.1. The molecule has 10 heteroatoms. The molecule has 4 N–H and O–H groups in total. The Balaban J connectivity index is 0. The lowest BCUT2D eigenvalue weighted by molar-refractivity contribution is -0.902. The van der Waals surface area contributed by atoms with Crippen LogP contribution in [0.15, 0.2) is 12.2 Å². The molecule has 2 unspecified atom stereocenters. The molecule has 0 aromatic heterocycles. The smallest absolute Gasteiger partial charge is 0.220 e. The minimum absolute atomic E-state index is 0.135. The molecule has 0 aliphatic heterocycles. The lowest BCUT2D eigenvalue weighted by atomic mass is 10.1. The van der Waals surface area contributed by atoms with Crippen LogP contribution in [-0.4, -0.2) is 75.1 Å². The fourth-order valence-electron chi connectivity index (χ4n) is 3.90. The zero-order valence-electron chi connectivity index (χ0n) is 23.7. The number of nitrogens with one attached hydrogen (secondary N) is 2. The van der Waals surface area contributed by atoms with E-state index in [1.54, 1.807) is 6.92 Å². The number of quaternary nitrogens is 1. The average Bonchev–Trinajstić information content (AvgIpc) is 2.84. The van der Waals surface area contributed by atoms with Crippen LogP contribution in [0.5, 0.6) is 0 Å². The van der Waals surface area contributed by atoms with Crippen LogP contribution in [0, 0.1) is 0 Å². The number of allylic oxidation sites excluding steroid dienone is 2. The van der Waals surface area contributed by atoms with E-state index in [1.807, 2.05) is 0 Å². The lowest BCUT2D eigenvalue weighted by Gasteiger charge is -2.20. The fourth-order valence-corrected chi connectivity index (χ4v) is 3.90. The Morgan fingerprint density at radius 3 is 1.95 bits per heavy atom. The molecule has 0 rings (SSSR count). The van der Waals surface area contributed by atoms with E-state index in [-0.39, 0.29) is 18.6 Å². The number of unbranched alkanes of at least 4 members (excludes halogenated alkanes) is 11. The molecule has 0 aliphatic carbocycles. The Bertz CT molecular complexity index is 628. The van der Waals surface area contributed by atoms with Gasteiger partial charge in [0.05, 0.1) is 26.7 Å². The summed E-state index contributed by atoms with van der Waals surface area (Å²) in [4.78, 5) is 13.2. The molecular weight excluding hydrogens is 496 g/mol. The lowest BCUT2D eigenvalue weighted by Crippen LogP contribution is -3.13. The molecule has 2 atom stereocenters. The van der Waals surface area contributed by atoms with E-state index < -0.39 is 10.4 Å². The van der Waals surface area contributed by atoms with Crippen molar-refractivity contribution in [1.29, 1.82) is 0 Å². The zero-order chi connectivity index (χ0) is 28.2. The van der Waals surface area contributed by atoms with Crippen LogP contribution < -0.4 is 10.2 Å². The first-order chi connectivity index (χ1) is 17.7. The maximum atomic E-state index is 12.0. The monoisotopic (exact) mass is 552 g/mol. The van der Waals surface area contributed by atoms with Gasteiger partial charge in [-0.15, -0.1) is 0 Å². The van der Waals surface area contributed by atoms with Crippen molar-refractivity contribution in [3.63, 3.8) is 0 Å². The molecule has 0 aliphatic rings. The van der Waals surface area contributed by atoms with Gasteiger partial charge in [0.15, 0.2) is 0 Å². The predicted molar refractivity (Wildman–Crippen MR) is 148 cm³/mol. The second-order valence-electron chi connectivity index (χ2n) is 9.64. The van der Waals surface area contributed by atoms with Gasteiger partial charge in [0.2, 0.25) is 16.3 Å². The number of carbonyl (C=O) groups is 1. The molecule has 0 saturated heterocycles. The Morgan fingerprint density at radius 2 is 1.46 bits per heavy atom. The highest BCUT2D eigenvalue weighted by Gasteiger charge is 2.11. The van der Waals surface area contributed by atoms with Crippen molar-refractivity contribution in [2.45, 2.75) is 116 Å². The predicted octanol–water partition coefficient (Wildman–Crippen LogP) is 2.88. The molecule has 0 radical (unpaired) electrons. The van der Waals surface area contributed by atoms with Gasteiger partial charge in [0.1, 0.15) is 12.6 Å². The summed E-state index contributed by atoms with van der Waals surface area (Å²) >= 11 is 0. The summed E-state index contributed by atoms with van der Waals surface area (Å²) in [5.74, 6) is 0.135. The van der Waals surface area contributed by atoms with Crippen LogP contribution in [0.4, 0.5) is 0 Å². The standard InChI is InChI=1S/C26H52N2O3.CH4O4S/c1-3-4-5-6-7-8-9-10-11-12-13-14-15-16-17-19-26(31)27-20-22-28(21-18-23-29)24-25(2)30;1-5-6(2,3)4/h10-11,25,29-30H,3-9,12-24H2,1-2H3,(H,27,31);1H3,(H,2,3,4). The van der Waals surface area contributed by atoms with Crippen LogP contribution >= 0.6 is 0 Å². The van der Waals surface area contributed by atoms with E-state index >= 15 is 0 Å². The van der Waals surface area contributed by atoms with Crippen LogP contribution in [0.1, 0.15) is 110 Å². The van der Waals surface area contributed by atoms with Crippen molar-refractivity contribution >= 4 is 16.3 Å². The first-order valence-electron chi connectivity index (χ1n) is 14.2. The molecule has 0 fully saturated rings. The Kier molecular flexibility index (Phi) is 28.8. The Hall–Kier alpha value is -1.04. The summed E-state index contributed by atoms with van der Waals surface area (Å²) < 4.78 is 31.0. The normalized spacial score (nSPS) is 13.2. The largest absolute Gasteiger partial charge is 0.726 e. The van der Waals surface area contributed by atoms with E-state index in [2.05, 4.69) is 28.6 Å². The van der Waals surface area contributed by atoms with Crippen molar-refractivity contribution in [3.8, 4) is 0 Å². The number of aliphatic hydroxyl groups is 2. The molecule has 222 valence electrons. The number of carbonyl (C=O) groups excluding carboxylic acids is 1. The number of hydrogen-bond donors (Lipinski definition) is 4. The highest BCUT2D eigenvalue weighted by Crippen LogP contribution is 2.09. The number of rotatable bonds is 24. The van der Waals surface area contributed by atoms with E-state index in [0.29, 0.717) is 19.5 Å². The van der Waals surface area contributed by atoms with Gasteiger partial charge in [0, 0.05) is 19.4 Å². The molecule has 9 nitrogen and oxygen atoms in total. The average molecular weight is 553 g/mol. The van der Waals surface area contributed by atoms with Crippen LogP contribution in [-0.2, 0) is 19.4 Å². The number of aliphatic hydroxyl groups excluding tert-OH is 2. The van der Waals surface area contributed by atoms with E-state index in [1.165, 1.54) is 75.5 Å². The van der Waals surface area contributed by atoms with E-state index in [4.69, 9.17) is 5.11 Å². The van der Waals surface area contributed by atoms with Crippen molar-refractivity contribution in [3.05, 3.63) is 12.2 Å². The van der Waals surface area contributed by atoms with Crippen LogP contribution in [0.25, 0.3) is 0 Å². The highest BCUT2D eigenvalue weighted by molar-refractivity contribution is 7.80. The van der Waals surface area contributed by atoms with Crippen LogP contribution in [0.2, 0.25) is 0 Å². The molecule has 37 heavy (non-hydrogen) atoms. The summed E-state index contributed by atoms with van der Waals surface area (Å²) in [7, 11) is -3.60. The van der Waals surface area contributed by atoms with Gasteiger partial charge >= 0.3 is 0 Å². The molecule has 0 heterocycles. The molecular formula is C27H56N2O7S. The van der Waals surface area contributed by atoms with Gasteiger partial charge in [-0.3, -0.25) is 8.98 Å². The minimum Gasteiger partial charge on any atom is -0.726 e. The van der Waals surface area contributed by atoms with E-state index in [0.717, 1.165) is 39.5 Å². The summed E-state index contributed by atoms with van der Waals surface area (Å²) in [6.07, 6.45) is 22.2. The molecule has 1 amide bonds. The third-order valence-electron chi connectivity index (χ3n) is 5.94. The number of hydrogen-bond acceptors (Lipinski definition) is 7. The van der Waals surface area contributed by atoms with Gasteiger partial charge in [0.25, 0.3) is 0 Å². The fraction of sp³-hybridized carbons (Fsp3) is 0.889. The summed E-state index contributed by atoms with van der Waals surface area (Å²) in [5.41, 5.74) is 0. The highest BCUT2D eigenvalue weighted by atomic mass is 32.3. The van der Waals surface area contributed by atoms with E-state index in [9.17, 15) is 22.9 Å². The third-order valence-corrected chi connectivity index (χ3v) is 6.35. The van der Waals surface area contributed by atoms with Crippen molar-refractivity contribution in [2.75, 3.05) is 39.9 Å². The Morgan fingerprint density at radius 1 is 0.946 bits per heavy atom. The minimum atomic E-state index is -4.41. The second-order valence-corrected chi connectivity index (χ2v) is 10.8. The zero-order valence-corrected chi connectivity index (χ0v) is 24.5. The third kappa shape index (κ3) is 35.0. The van der Waals surface area contributed by atoms with Gasteiger partial charge in [-0.05, 0) is 39.0 Å². The quantitative estimate of drug-likeness (QED) is 0.0625. The molecule has 0 saturated carbocycles. The topological polar surface area (TPSA) is 140 Å². The van der Waals surface area contributed by atoms with Crippen molar-refractivity contribution in [2.24, 2.45) is 0 Å².